The minimum absolute atomic E-state index is 0.151. The number of fused-ring (bicyclic) bond motifs is 2. The molecule has 0 saturated heterocycles. The zero-order valence-electron chi connectivity index (χ0n) is 13.5. The highest BCUT2D eigenvalue weighted by atomic mass is 16.5. The Bertz CT molecular complexity index is 1250. The lowest BCUT2D eigenvalue weighted by atomic mass is 10.2. The van der Waals surface area contributed by atoms with E-state index in [0.717, 1.165) is 5.39 Å². The Morgan fingerprint density at radius 3 is 2.42 bits per heavy atom. The minimum atomic E-state index is -0.635. The zero-order chi connectivity index (χ0) is 18.3. The van der Waals surface area contributed by atoms with Crippen molar-refractivity contribution in [2.24, 2.45) is 0 Å². The van der Waals surface area contributed by atoms with Gasteiger partial charge in [0.25, 0.3) is 0 Å². The topological polar surface area (TPSA) is 99.1 Å². The van der Waals surface area contributed by atoms with Crippen molar-refractivity contribution in [2.75, 3.05) is 7.11 Å². The molecule has 7 heteroatoms. The number of aromatic hydroxyl groups is 1. The zero-order valence-corrected chi connectivity index (χ0v) is 13.5. The standard InChI is InChI=1S/C19H12O7/c1-23-17-7-12-15(8-13(17)20)26-19(22)9-16(12)24-11-4-2-10-3-5-18(21)25-14(10)6-11/h2-9,20H,1H3. The normalized spacial score (nSPS) is 11.0. The first kappa shape index (κ1) is 15.8. The lowest BCUT2D eigenvalue weighted by Crippen LogP contribution is -1.99. The maximum absolute atomic E-state index is 11.8. The lowest BCUT2D eigenvalue weighted by Gasteiger charge is -2.10. The highest BCUT2D eigenvalue weighted by molar-refractivity contribution is 5.87. The second-order valence-corrected chi connectivity index (χ2v) is 5.51. The number of hydrogen-bond acceptors (Lipinski definition) is 7. The number of ether oxygens (including phenoxy) is 2. The van der Waals surface area contributed by atoms with Crippen LogP contribution in [0.25, 0.3) is 21.9 Å². The van der Waals surface area contributed by atoms with E-state index in [9.17, 15) is 14.7 Å². The highest BCUT2D eigenvalue weighted by Gasteiger charge is 2.13. The van der Waals surface area contributed by atoms with Crippen LogP contribution in [0.2, 0.25) is 0 Å². The average molecular weight is 352 g/mol. The maximum atomic E-state index is 11.8. The minimum Gasteiger partial charge on any atom is -0.504 e. The van der Waals surface area contributed by atoms with Crippen LogP contribution >= 0.6 is 0 Å². The maximum Gasteiger partial charge on any atom is 0.339 e. The molecule has 4 aromatic rings. The second kappa shape index (κ2) is 5.96. The fourth-order valence-corrected chi connectivity index (χ4v) is 2.63. The third kappa shape index (κ3) is 2.75. The van der Waals surface area contributed by atoms with Gasteiger partial charge in [-0.15, -0.1) is 0 Å². The molecule has 1 N–H and O–H groups in total. The fourth-order valence-electron chi connectivity index (χ4n) is 2.63. The molecule has 0 aliphatic carbocycles. The summed E-state index contributed by atoms with van der Waals surface area (Å²) in [6.07, 6.45) is 0. The Kier molecular flexibility index (Phi) is 3.62. The predicted octanol–water partition coefficient (Wildman–Crippen LogP) is 3.41. The smallest absolute Gasteiger partial charge is 0.339 e. The molecule has 26 heavy (non-hydrogen) atoms. The van der Waals surface area contributed by atoms with Gasteiger partial charge in [0.15, 0.2) is 11.5 Å². The van der Waals surface area contributed by atoms with Crippen molar-refractivity contribution in [1.29, 1.82) is 0 Å². The van der Waals surface area contributed by atoms with Crippen LogP contribution in [0.4, 0.5) is 0 Å². The highest BCUT2D eigenvalue weighted by Crippen LogP contribution is 2.36. The van der Waals surface area contributed by atoms with Crippen LogP contribution in [0.15, 0.2) is 67.0 Å². The first-order valence-electron chi connectivity index (χ1n) is 7.60. The van der Waals surface area contributed by atoms with E-state index in [-0.39, 0.29) is 22.8 Å². The molecule has 4 rings (SSSR count). The molecule has 0 fully saturated rings. The van der Waals surface area contributed by atoms with Gasteiger partial charge in [0.2, 0.25) is 0 Å². The predicted molar refractivity (Wildman–Crippen MR) is 93.3 cm³/mol. The summed E-state index contributed by atoms with van der Waals surface area (Å²) in [4.78, 5) is 23.2. The Morgan fingerprint density at radius 2 is 1.62 bits per heavy atom. The van der Waals surface area contributed by atoms with Crippen LogP contribution in [0, 0.1) is 0 Å². The molecule has 0 atom stereocenters. The molecular weight excluding hydrogens is 340 g/mol. The number of benzene rings is 2. The van der Waals surface area contributed by atoms with Gasteiger partial charge in [-0.05, 0) is 24.3 Å². The Hall–Kier alpha value is -3.74. The van der Waals surface area contributed by atoms with Crippen molar-refractivity contribution in [3.8, 4) is 23.0 Å². The summed E-state index contributed by atoms with van der Waals surface area (Å²) >= 11 is 0. The molecule has 2 aromatic heterocycles. The summed E-state index contributed by atoms with van der Waals surface area (Å²) in [5.74, 6) is 0.631. The van der Waals surface area contributed by atoms with Crippen molar-refractivity contribution >= 4 is 21.9 Å². The molecule has 7 nitrogen and oxygen atoms in total. The first-order valence-corrected chi connectivity index (χ1v) is 7.60. The van der Waals surface area contributed by atoms with Crippen molar-refractivity contribution < 1.29 is 23.4 Å². The van der Waals surface area contributed by atoms with E-state index in [2.05, 4.69) is 0 Å². The van der Waals surface area contributed by atoms with E-state index >= 15 is 0 Å². The van der Waals surface area contributed by atoms with Gasteiger partial charge < -0.3 is 23.4 Å². The fraction of sp³-hybridized carbons (Fsp3) is 0.0526. The molecule has 0 radical (unpaired) electrons. The number of rotatable bonds is 3. The summed E-state index contributed by atoms with van der Waals surface area (Å²) in [7, 11) is 1.41. The van der Waals surface area contributed by atoms with Crippen LogP contribution in [-0.2, 0) is 0 Å². The van der Waals surface area contributed by atoms with E-state index in [4.69, 9.17) is 18.3 Å². The van der Waals surface area contributed by atoms with E-state index in [1.165, 1.54) is 31.4 Å². The molecule has 130 valence electrons. The van der Waals surface area contributed by atoms with E-state index in [1.807, 2.05) is 0 Å². The van der Waals surface area contributed by atoms with Gasteiger partial charge in [0, 0.05) is 23.6 Å². The summed E-state index contributed by atoms with van der Waals surface area (Å²) < 4.78 is 21.1. The monoisotopic (exact) mass is 352 g/mol. The van der Waals surface area contributed by atoms with E-state index in [1.54, 1.807) is 24.3 Å². The molecular formula is C19H12O7. The van der Waals surface area contributed by atoms with Crippen LogP contribution < -0.4 is 20.7 Å². The molecule has 0 amide bonds. The third-order valence-corrected chi connectivity index (χ3v) is 3.83. The molecule has 2 aromatic carbocycles. The number of phenolic OH excluding ortho intramolecular Hbond substituents is 1. The second-order valence-electron chi connectivity index (χ2n) is 5.51. The largest absolute Gasteiger partial charge is 0.504 e. The van der Waals surface area contributed by atoms with Gasteiger partial charge in [0.05, 0.1) is 18.6 Å². The van der Waals surface area contributed by atoms with Gasteiger partial charge in [-0.2, -0.15) is 0 Å². The third-order valence-electron chi connectivity index (χ3n) is 3.83. The molecule has 0 aliphatic rings. The Labute approximate surface area is 145 Å². The quantitative estimate of drug-likeness (QED) is 0.564. The van der Waals surface area contributed by atoms with E-state index < -0.39 is 11.3 Å². The lowest BCUT2D eigenvalue weighted by molar-refractivity contribution is 0.373. The van der Waals surface area contributed by atoms with Crippen molar-refractivity contribution in [3.05, 3.63) is 69.4 Å². The van der Waals surface area contributed by atoms with Gasteiger partial charge >= 0.3 is 11.3 Å². The number of phenols is 1. The average Bonchev–Trinajstić information content (AvgIpc) is 2.60. The first-order chi connectivity index (χ1) is 12.5. The molecule has 0 spiro atoms. The van der Waals surface area contributed by atoms with Crippen LogP contribution in [0.5, 0.6) is 23.0 Å². The van der Waals surface area contributed by atoms with Crippen LogP contribution in [0.1, 0.15) is 0 Å². The Morgan fingerprint density at radius 1 is 0.846 bits per heavy atom. The van der Waals surface area contributed by atoms with Gasteiger partial charge in [-0.3, -0.25) is 0 Å². The number of hydrogen-bond donors (Lipinski definition) is 1. The van der Waals surface area contributed by atoms with Crippen molar-refractivity contribution in [2.45, 2.75) is 0 Å². The van der Waals surface area contributed by atoms with Crippen molar-refractivity contribution in [1.82, 2.24) is 0 Å². The summed E-state index contributed by atoms with van der Waals surface area (Å²) in [6, 6.07) is 11.9. The van der Waals surface area contributed by atoms with Crippen LogP contribution in [-0.4, -0.2) is 12.2 Å². The molecule has 0 saturated carbocycles. The van der Waals surface area contributed by atoms with Gasteiger partial charge in [-0.1, -0.05) is 0 Å². The summed E-state index contributed by atoms with van der Waals surface area (Å²) in [6.45, 7) is 0. The molecule has 0 bridgehead atoms. The van der Waals surface area contributed by atoms with Crippen molar-refractivity contribution in [3.63, 3.8) is 0 Å². The molecule has 2 heterocycles. The molecule has 0 unspecified atom stereocenters. The SMILES string of the molecule is COc1cc2c(Oc3ccc4ccc(=O)oc4c3)cc(=O)oc2cc1O. The van der Waals surface area contributed by atoms with Crippen LogP contribution in [0.3, 0.4) is 0 Å². The van der Waals surface area contributed by atoms with Gasteiger partial charge in [-0.25, -0.2) is 9.59 Å². The summed E-state index contributed by atoms with van der Waals surface area (Å²) in [5.41, 5.74) is -0.597. The molecule has 0 aliphatic heterocycles. The number of methoxy groups -OCH3 is 1. The summed E-state index contributed by atoms with van der Waals surface area (Å²) in [5, 5.41) is 11.0. The van der Waals surface area contributed by atoms with E-state index in [0.29, 0.717) is 16.7 Å². The Balaban J connectivity index is 1.86. The van der Waals surface area contributed by atoms with Gasteiger partial charge in [0.1, 0.15) is 22.7 Å².